The third kappa shape index (κ3) is 6.54. The minimum absolute atomic E-state index is 0.0341. The molecular formula is C35H32N4O3S. The van der Waals surface area contributed by atoms with Gasteiger partial charge in [0.2, 0.25) is 0 Å². The Kier molecular flexibility index (Phi) is 8.65. The van der Waals surface area contributed by atoms with Gasteiger partial charge in [-0.2, -0.15) is 0 Å². The van der Waals surface area contributed by atoms with Crippen LogP contribution in [-0.2, 0) is 13.0 Å². The fourth-order valence-electron chi connectivity index (χ4n) is 5.35. The predicted molar refractivity (Wildman–Crippen MR) is 172 cm³/mol. The summed E-state index contributed by atoms with van der Waals surface area (Å²) < 4.78 is 1.66. The van der Waals surface area contributed by atoms with Crippen LogP contribution < -0.4 is 10.5 Å². The molecule has 4 aromatic carbocycles. The number of benzene rings is 4. The molecule has 0 spiro atoms. The van der Waals surface area contributed by atoms with Gasteiger partial charge in [-0.15, -0.1) is 0 Å². The van der Waals surface area contributed by atoms with Gasteiger partial charge in [-0.05, 0) is 42.3 Å². The molecule has 0 radical (unpaired) electrons. The summed E-state index contributed by atoms with van der Waals surface area (Å²) in [6, 6.07) is 34.5. The average molecular weight is 589 g/mol. The van der Waals surface area contributed by atoms with Crippen LogP contribution in [0, 0.1) is 0 Å². The van der Waals surface area contributed by atoms with E-state index in [1.54, 1.807) is 34.9 Å². The largest absolute Gasteiger partial charge is 0.368 e. The lowest BCUT2D eigenvalue weighted by Gasteiger charge is -2.36. The topological polar surface area (TPSA) is 75.5 Å². The first-order valence-electron chi connectivity index (χ1n) is 14.5. The molecule has 2 heterocycles. The van der Waals surface area contributed by atoms with E-state index in [2.05, 4.69) is 17.0 Å². The number of piperazine rings is 1. The number of thioether (sulfide) groups is 1. The van der Waals surface area contributed by atoms with Crippen molar-refractivity contribution in [1.82, 2.24) is 14.5 Å². The lowest BCUT2D eigenvalue weighted by molar-refractivity contribution is 0.0746. The van der Waals surface area contributed by atoms with Crippen molar-refractivity contribution in [2.45, 2.75) is 18.1 Å². The van der Waals surface area contributed by atoms with Crippen LogP contribution in [0.4, 0.5) is 5.69 Å². The predicted octanol–water partition coefficient (Wildman–Crippen LogP) is 5.58. The number of carbonyl (C=O) groups excluding carboxylic acids is 2. The summed E-state index contributed by atoms with van der Waals surface area (Å²) in [5, 5.41) is 0.927. The summed E-state index contributed by atoms with van der Waals surface area (Å²) in [5.41, 5.74) is 3.68. The number of fused-ring (bicyclic) bond motifs is 1. The fraction of sp³-hybridized carbons (Fsp3) is 0.200. The van der Waals surface area contributed by atoms with E-state index in [1.807, 2.05) is 71.6 Å². The van der Waals surface area contributed by atoms with Crippen molar-refractivity contribution in [1.29, 1.82) is 0 Å². The Morgan fingerprint density at radius 2 is 1.40 bits per heavy atom. The van der Waals surface area contributed by atoms with E-state index in [4.69, 9.17) is 4.98 Å². The van der Waals surface area contributed by atoms with Crippen LogP contribution >= 0.6 is 11.8 Å². The monoisotopic (exact) mass is 588 g/mol. The normalized spacial score (nSPS) is 13.3. The third-order valence-corrected chi connectivity index (χ3v) is 8.73. The Morgan fingerprint density at radius 3 is 2.09 bits per heavy atom. The van der Waals surface area contributed by atoms with Crippen LogP contribution in [0.25, 0.3) is 10.9 Å². The Morgan fingerprint density at radius 1 is 0.744 bits per heavy atom. The highest BCUT2D eigenvalue weighted by Gasteiger charge is 2.23. The zero-order valence-electron chi connectivity index (χ0n) is 23.8. The second-order valence-electron chi connectivity index (χ2n) is 10.5. The molecule has 1 aliphatic rings. The van der Waals surface area contributed by atoms with Gasteiger partial charge < -0.3 is 9.80 Å². The summed E-state index contributed by atoms with van der Waals surface area (Å²) >= 11 is 1.26. The molecule has 216 valence electrons. The molecule has 0 N–H and O–H groups in total. The van der Waals surface area contributed by atoms with Gasteiger partial charge in [0.25, 0.3) is 11.5 Å². The summed E-state index contributed by atoms with van der Waals surface area (Å²) in [6.07, 6.45) is 0.652. The van der Waals surface area contributed by atoms with Crippen LogP contribution in [-0.4, -0.2) is 58.1 Å². The molecule has 1 aromatic heterocycles. The van der Waals surface area contributed by atoms with E-state index in [0.717, 1.165) is 24.3 Å². The van der Waals surface area contributed by atoms with E-state index in [-0.39, 0.29) is 23.0 Å². The maximum Gasteiger partial charge on any atom is 0.262 e. The fourth-order valence-corrected chi connectivity index (χ4v) is 6.27. The number of ketones is 1. The van der Waals surface area contributed by atoms with Crippen molar-refractivity contribution in [3.63, 3.8) is 0 Å². The molecule has 0 unspecified atom stereocenters. The smallest absolute Gasteiger partial charge is 0.262 e. The van der Waals surface area contributed by atoms with Gasteiger partial charge in [-0.25, -0.2) is 4.98 Å². The van der Waals surface area contributed by atoms with Crippen molar-refractivity contribution in [2.75, 3.05) is 36.8 Å². The van der Waals surface area contributed by atoms with Crippen LogP contribution in [0.1, 0.15) is 26.3 Å². The van der Waals surface area contributed by atoms with Gasteiger partial charge in [-0.1, -0.05) is 90.6 Å². The molecule has 5 aromatic rings. The number of aryl methyl sites for hydroxylation is 1. The van der Waals surface area contributed by atoms with Crippen molar-refractivity contribution >= 4 is 40.0 Å². The van der Waals surface area contributed by atoms with E-state index >= 15 is 0 Å². The first-order valence-corrected chi connectivity index (χ1v) is 15.4. The number of Topliss-reactive ketones (excluding diaryl/α,β-unsaturated/α-hetero) is 1. The van der Waals surface area contributed by atoms with Crippen LogP contribution in [0.5, 0.6) is 0 Å². The highest BCUT2D eigenvalue weighted by molar-refractivity contribution is 7.99. The molecule has 6 rings (SSSR count). The summed E-state index contributed by atoms with van der Waals surface area (Å²) in [5.74, 6) is 0.0451. The lowest BCUT2D eigenvalue weighted by Crippen LogP contribution is -2.48. The molecule has 1 aliphatic heterocycles. The first-order chi connectivity index (χ1) is 21.1. The summed E-state index contributed by atoms with van der Waals surface area (Å²) in [4.78, 5) is 49.2. The van der Waals surface area contributed by atoms with E-state index < -0.39 is 0 Å². The van der Waals surface area contributed by atoms with Gasteiger partial charge >= 0.3 is 0 Å². The van der Waals surface area contributed by atoms with E-state index in [0.29, 0.717) is 53.2 Å². The number of carbonyl (C=O) groups is 2. The second-order valence-corrected chi connectivity index (χ2v) is 11.5. The number of amides is 1. The molecule has 7 nitrogen and oxygen atoms in total. The molecule has 0 atom stereocenters. The molecule has 1 amide bonds. The molecule has 43 heavy (non-hydrogen) atoms. The summed E-state index contributed by atoms with van der Waals surface area (Å²) in [7, 11) is 0. The maximum absolute atomic E-state index is 13.8. The SMILES string of the molecule is O=C(CSc1nc2cc(C(=O)N3CCN(c4ccccc4)CC3)ccc2c(=O)n1CCc1ccccc1)c1ccccc1. The first kappa shape index (κ1) is 28.4. The Balaban J connectivity index is 1.25. The van der Waals surface area contributed by atoms with Crippen molar-refractivity contribution < 1.29 is 9.59 Å². The van der Waals surface area contributed by atoms with Gasteiger partial charge in [0, 0.05) is 49.5 Å². The maximum atomic E-state index is 13.8. The molecule has 1 fully saturated rings. The third-order valence-electron chi connectivity index (χ3n) is 7.75. The quantitative estimate of drug-likeness (QED) is 0.127. The molecular weight excluding hydrogens is 556 g/mol. The van der Waals surface area contributed by atoms with Crippen LogP contribution in [0.15, 0.2) is 119 Å². The second kappa shape index (κ2) is 13.1. The minimum atomic E-state index is -0.175. The van der Waals surface area contributed by atoms with E-state index in [1.165, 1.54) is 11.8 Å². The number of para-hydroxylation sites is 1. The Hall–Kier alpha value is -4.69. The zero-order valence-corrected chi connectivity index (χ0v) is 24.6. The van der Waals surface area contributed by atoms with Crippen molar-refractivity contribution in [3.8, 4) is 0 Å². The Labute approximate surface area is 254 Å². The number of aromatic nitrogens is 2. The number of rotatable bonds is 9. The van der Waals surface area contributed by atoms with Crippen LogP contribution in [0.2, 0.25) is 0 Å². The Bertz CT molecular complexity index is 1780. The number of nitrogens with zero attached hydrogens (tertiary/aromatic N) is 4. The van der Waals surface area contributed by atoms with Crippen molar-refractivity contribution in [3.05, 3.63) is 136 Å². The summed E-state index contributed by atoms with van der Waals surface area (Å²) in [6.45, 7) is 3.17. The minimum Gasteiger partial charge on any atom is -0.368 e. The van der Waals surface area contributed by atoms with Gasteiger partial charge in [0.15, 0.2) is 10.9 Å². The van der Waals surface area contributed by atoms with Gasteiger partial charge in [0.1, 0.15) is 0 Å². The highest BCUT2D eigenvalue weighted by Crippen LogP contribution is 2.22. The molecule has 0 bridgehead atoms. The molecule has 0 saturated carbocycles. The molecule has 8 heteroatoms. The average Bonchev–Trinajstić information content (AvgIpc) is 3.07. The van der Waals surface area contributed by atoms with Crippen LogP contribution in [0.3, 0.4) is 0 Å². The lowest BCUT2D eigenvalue weighted by atomic mass is 10.1. The number of hydrogen-bond acceptors (Lipinski definition) is 6. The van der Waals surface area contributed by atoms with Gasteiger partial charge in [-0.3, -0.25) is 19.0 Å². The van der Waals surface area contributed by atoms with E-state index in [9.17, 15) is 14.4 Å². The number of anilines is 1. The standard InChI is InChI=1S/C35H32N4O3S/c40-32(27-12-6-2-7-13-27)25-43-35-36-31-24-28(33(41)38-22-20-37(21-23-38)29-14-8-3-9-15-29)16-17-30(31)34(42)39(35)19-18-26-10-4-1-5-11-26/h1-17,24H,18-23,25H2. The zero-order chi connectivity index (χ0) is 29.6. The van der Waals surface area contributed by atoms with Gasteiger partial charge in [0.05, 0.1) is 16.7 Å². The molecule has 0 aliphatic carbocycles. The van der Waals surface area contributed by atoms with Crippen molar-refractivity contribution in [2.24, 2.45) is 0 Å². The molecule has 1 saturated heterocycles. The number of hydrogen-bond donors (Lipinski definition) is 0. The highest BCUT2D eigenvalue weighted by atomic mass is 32.2.